The number of Topliss-reactive ketones (excluding diaryl/α,β-unsaturated/α-hetero) is 1. The summed E-state index contributed by atoms with van der Waals surface area (Å²) in [5, 5.41) is 10.9. The van der Waals surface area contributed by atoms with Crippen molar-refractivity contribution in [2.24, 2.45) is 0 Å². The molecule has 0 bridgehead atoms. The Kier molecular flexibility index (Phi) is 5.90. The van der Waals surface area contributed by atoms with Crippen LogP contribution in [0.5, 0.6) is 0 Å². The number of likely N-dealkylation sites (tertiary alicyclic amines) is 1. The van der Waals surface area contributed by atoms with Gasteiger partial charge in [0.1, 0.15) is 11.6 Å². The molecule has 1 heterocycles. The maximum atomic E-state index is 13.6. The smallest absolute Gasteiger partial charge is 0.295 e. The van der Waals surface area contributed by atoms with E-state index in [1.165, 1.54) is 23.1 Å². The number of ketones is 1. The highest BCUT2D eigenvalue weighted by atomic mass is 19.1. The highest BCUT2D eigenvalue weighted by molar-refractivity contribution is 6.46. The number of benzene rings is 2. The topological polar surface area (TPSA) is 66.8 Å². The van der Waals surface area contributed by atoms with Crippen LogP contribution in [-0.2, 0) is 14.3 Å². The third kappa shape index (κ3) is 3.68. The van der Waals surface area contributed by atoms with Crippen molar-refractivity contribution in [1.29, 1.82) is 0 Å². The number of hydrogen-bond acceptors (Lipinski definition) is 4. The fraction of sp³-hybridized carbons (Fsp3) is 0.273. The minimum atomic E-state index is -0.745. The molecule has 2 aromatic carbocycles. The second kappa shape index (κ2) is 8.35. The van der Waals surface area contributed by atoms with Crippen molar-refractivity contribution in [1.82, 2.24) is 4.90 Å². The van der Waals surface area contributed by atoms with Crippen molar-refractivity contribution in [3.05, 3.63) is 76.6 Å². The lowest BCUT2D eigenvalue weighted by atomic mass is 9.95. The van der Waals surface area contributed by atoms with Gasteiger partial charge in [-0.3, -0.25) is 9.59 Å². The Morgan fingerprint density at radius 1 is 1.18 bits per heavy atom. The molecule has 0 saturated carbocycles. The van der Waals surface area contributed by atoms with Gasteiger partial charge in [-0.05, 0) is 42.7 Å². The SMILES string of the molecule is COCCCN1C(=O)C(=O)/C(=C(\O)c2ccc(F)c(C)c2)C1c1ccccc1. The number of halogens is 1. The normalized spacial score (nSPS) is 18.7. The first-order valence-corrected chi connectivity index (χ1v) is 9.04. The Balaban J connectivity index is 2.12. The number of nitrogens with zero attached hydrogens (tertiary/aromatic N) is 1. The van der Waals surface area contributed by atoms with E-state index in [0.29, 0.717) is 30.7 Å². The Bertz CT molecular complexity index is 923. The molecule has 5 nitrogen and oxygen atoms in total. The first-order chi connectivity index (χ1) is 13.5. The summed E-state index contributed by atoms with van der Waals surface area (Å²) in [6, 6.07) is 12.5. The van der Waals surface area contributed by atoms with E-state index in [9.17, 15) is 19.1 Å². The molecule has 146 valence electrons. The summed E-state index contributed by atoms with van der Waals surface area (Å²) in [4.78, 5) is 26.9. The van der Waals surface area contributed by atoms with Gasteiger partial charge in [0, 0.05) is 25.8 Å². The monoisotopic (exact) mass is 383 g/mol. The summed E-state index contributed by atoms with van der Waals surface area (Å²) in [6.07, 6.45) is 0.558. The number of aliphatic hydroxyl groups excluding tert-OH is 1. The fourth-order valence-corrected chi connectivity index (χ4v) is 3.42. The Hall–Kier alpha value is -2.99. The summed E-state index contributed by atoms with van der Waals surface area (Å²) < 4.78 is 18.7. The third-order valence-electron chi connectivity index (χ3n) is 4.83. The van der Waals surface area contributed by atoms with Crippen LogP contribution in [0.1, 0.15) is 29.2 Å². The Labute approximate surface area is 163 Å². The molecule has 0 spiro atoms. The van der Waals surface area contributed by atoms with Crippen molar-refractivity contribution in [3.63, 3.8) is 0 Å². The van der Waals surface area contributed by atoms with Gasteiger partial charge in [0.15, 0.2) is 0 Å². The van der Waals surface area contributed by atoms with Gasteiger partial charge in [-0.1, -0.05) is 30.3 Å². The van der Waals surface area contributed by atoms with E-state index in [-0.39, 0.29) is 11.3 Å². The van der Waals surface area contributed by atoms with Crippen LogP contribution in [0.15, 0.2) is 54.1 Å². The van der Waals surface area contributed by atoms with Crippen LogP contribution in [0.4, 0.5) is 4.39 Å². The van der Waals surface area contributed by atoms with Gasteiger partial charge >= 0.3 is 0 Å². The molecule has 0 aliphatic carbocycles. The van der Waals surface area contributed by atoms with Crippen LogP contribution < -0.4 is 0 Å². The number of methoxy groups -OCH3 is 1. The van der Waals surface area contributed by atoms with Crippen LogP contribution in [0.3, 0.4) is 0 Å². The summed E-state index contributed by atoms with van der Waals surface area (Å²) in [6.45, 7) is 2.34. The van der Waals surface area contributed by atoms with Crippen molar-refractivity contribution in [2.75, 3.05) is 20.3 Å². The van der Waals surface area contributed by atoms with E-state index in [0.717, 1.165) is 5.56 Å². The van der Waals surface area contributed by atoms with Gasteiger partial charge < -0.3 is 14.7 Å². The number of aliphatic hydroxyl groups is 1. The number of ether oxygens (including phenoxy) is 1. The fourth-order valence-electron chi connectivity index (χ4n) is 3.42. The van der Waals surface area contributed by atoms with Crippen LogP contribution in [0.25, 0.3) is 5.76 Å². The number of rotatable bonds is 6. The predicted molar refractivity (Wildman–Crippen MR) is 103 cm³/mol. The zero-order chi connectivity index (χ0) is 20.3. The van der Waals surface area contributed by atoms with E-state index < -0.39 is 23.5 Å². The average molecular weight is 383 g/mol. The molecule has 1 atom stereocenters. The largest absolute Gasteiger partial charge is 0.507 e. The summed E-state index contributed by atoms with van der Waals surface area (Å²) in [7, 11) is 1.57. The number of carbonyl (C=O) groups is 2. The lowest BCUT2D eigenvalue weighted by Crippen LogP contribution is -2.31. The second-order valence-corrected chi connectivity index (χ2v) is 6.71. The first-order valence-electron chi connectivity index (χ1n) is 9.04. The average Bonchev–Trinajstić information content (AvgIpc) is 2.95. The zero-order valence-electron chi connectivity index (χ0n) is 15.8. The quantitative estimate of drug-likeness (QED) is 0.358. The van der Waals surface area contributed by atoms with Gasteiger partial charge in [-0.25, -0.2) is 4.39 Å². The highest BCUT2D eigenvalue weighted by Gasteiger charge is 2.45. The molecule has 3 rings (SSSR count). The minimum absolute atomic E-state index is 0.0135. The highest BCUT2D eigenvalue weighted by Crippen LogP contribution is 2.39. The number of hydrogen-bond donors (Lipinski definition) is 1. The van der Waals surface area contributed by atoms with Crippen LogP contribution in [-0.4, -0.2) is 42.0 Å². The molecule has 1 unspecified atom stereocenters. The molecule has 1 N–H and O–H groups in total. The van der Waals surface area contributed by atoms with Gasteiger partial charge in [0.25, 0.3) is 11.7 Å². The molecule has 0 aromatic heterocycles. The van der Waals surface area contributed by atoms with E-state index >= 15 is 0 Å². The molecular formula is C22H22FNO4. The molecule has 1 aliphatic rings. The maximum absolute atomic E-state index is 13.6. The second-order valence-electron chi connectivity index (χ2n) is 6.71. The molecule has 1 amide bonds. The molecule has 28 heavy (non-hydrogen) atoms. The van der Waals surface area contributed by atoms with Crippen molar-refractivity contribution in [3.8, 4) is 0 Å². The Morgan fingerprint density at radius 3 is 2.54 bits per heavy atom. The van der Waals surface area contributed by atoms with Crippen LogP contribution >= 0.6 is 0 Å². The Morgan fingerprint density at radius 2 is 1.89 bits per heavy atom. The molecule has 1 aliphatic heterocycles. The van der Waals surface area contributed by atoms with Gasteiger partial charge in [0.2, 0.25) is 0 Å². The zero-order valence-corrected chi connectivity index (χ0v) is 15.8. The number of aryl methyl sites for hydroxylation is 1. The lowest BCUT2D eigenvalue weighted by molar-refractivity contribution is -0.140. The van der Waals surface area contributed by atoms with E-state index in [2.05, 4.69) is 0 Å². The maximum Gasteiger partial charge on any atom is 0.295 e. The summed E-state index contributed by atoms with van der Waals surface area (Å²) in [5.41, 5.74) is 1.38. The van der Waals surface area contributed by atoms with Gasteiger partial charge in [-0.15, -0.1) is 0 Å². The minimum Gasteiger partial charge on any atom is -0.507 e. The predicted octanol–water partition coefficient (Wildman–Crippen LogP) is 3.59. The van der Waals surface area contributed by atoms with Crippen LogP contribution in [0, 0.1) is 12.7 Å². The molecule has 1 fully saturated rings. The summed E-state index contributed by atoms with van der Waals surface area (Å²) in [5.74, 6) is -2.11. The van der Waals surface area contributed by atoms with Gasteiger partial charge in [-0.2, -0.15) is 0 Å². The van der Waals surface area contributed by atoms with Gasteiger partial charge in [0.05, 0.1) is 11.6 Å². The number of carbonyl (C=O) groups excluding carboxylic acids is 2. The standard InChI is InChI=1S/C22H22FNO4/c1-14-13-16(9-10-17(14)23)20(25)18-19(15-7-4-3-5-8-15)24(11-6-12-28-2)22(27)21(18)26/h3-5,7-10,13,19,25H,6,11-12H2,1-2H3/b20-18-. The number of amides is 1. The van der Waals surface area contributed by atoms with Crippen molar-refractivity contribution >= 4 is 17.4 Å². The van der Waals surface area contributed by atoms with E-state index in [1.54, 1.807) is 14.0 Å². The molecule has 1 saturated heterocycles. The lowest BCUT2D eigenvalue weighted by Gasteiger charge is -2.25. The molecule has 0 radical (unpaired) electrons. The van der Waals surface area contributed by atoms with Crippen molar-refractivity contribution < 1.29 is 23.8 Å². The van der Waals surface area contributed by atoms with E-state index in [1.807, 2.05) is 30.3 Å². The third-order valence-corrected chi connectivity index (χ3v) is 4.83. The molecular weight excluding hydrogens is 361 g/mol. The molecule has 2 aromatic rings. The van der Waals surface area contributed by atoms with Crippen LogP contribution in [0.2, 0.25) is 0 Å². The first kappa shape index (κ1) is 19.8. The van der Waals surface area contributed by atoms with E-state index in [4.69, 9.17) is 4.74 Å². The van der Waals surface area contributed by atoms with Crippen molar-refractivity contribution in [2.45, 2.75) is 19.4 Å². The molecule has 6 heteroatoms. The summed E-state index contributed by atoms with van der Waals surface area (Å²) >= 11 is 0.